The molecule has 1 saturated heterocycles. The van der Waals surface area contributed by atoms with E-state index >= 15 is 0 Å². The maximum absolute atomic E-state index is 12.5. The van der Waals surface area contributed by atoms with Gasteiger partial charge < -0.3 is 14.5 Å². The minimum absolute atomic E-state index is 0.0574. The fraction of sp³-hybridized carbons (Fsp3) is 0.273. The van der Waals surface area contributed by atoms with E-state index in [1.807, 2.05) is 24.3 Å². The van der Waals surface area contributed by atoms with Gasteiger partial charge in [0.1, 0.15) is 12.4 Å². The summed E-state index contributed by atoms with van der Waals surface area (Å²) < 4.78 is 11.3. The maximum atomic E-state index is 12.5. The van der Waals surface area contributed by atoms with E-state index in [1.54, 1.807) is 30.5 Å². The summed E-state index contributed by atoms with van der Waals surface area (Å²) in [6.45, 7) is 1.15. The minimum Gasteiger partial charge on any atom is -0.490 e. The van der Waals surface area contributed by atoms with Crippen LogP contribution < -0.4 is 15.6 Å². The van der Waals surface area contributed by atoms with Gasteiger partial charge in [0.2, 0.25) is 5.91 Å². The van der Waals surface area contributed by atoms with Crippen LogP contribution in [-0.2, 0) is 16.0 Å². The molecule has 150 valence electrons. The molecule has 1 aliphatic rings. The number of para-hydroxylation sites is 2. The molecule has 0 radical (unpaired) electrons. The van der Waals surface area contributed by atoms with Gasteiger partial charge in [-0.25, -0.2) is 0 Å². The Morgan fingerprint density at radius 1 is 1.10 bits per heavy atom. The molecule has 3 aromatic rings. The standard InChI is InChI=1S/C22H23N3O4/c26-21(12-15-13-23-19-9-3-1-7-17(15)19)24-25-22(27)18-8-2-4-10-20(18)29-14-16-6-5-11-28-16/h1-4,7-10,13,16,23H,5-6,11-12,14H2,(H,24,26)(H,25,27)/t16-/m1/s1. The molecule has 2 heterocycles. The number of ether oxygens (including phenoxy) is 2. The third-order valence-electron chi connectivity index (χ3n) is 4.92. The van der Waals surface area contributed by atoms with Crippen LogP contribution in [0.4, 0.5) is 0 Å². The van der Waals surface area contributed by atoms with E-state index in [0.717, 1.165) is 35.9 Å². The van der Waals surface area contributed by atoms with E-state index < -0.39 is 5.91 Å². The smallest absolute Gasteiger partial charge is 0.273 e. The van der Waals surface area contributed by atoms with Crippen LogP contribution in [0.3, 0.4) is 0 Å². The maximum Gasteiger partial charge on any atom is 0.273 e. The van der Waals surface area contributed by atoms with Crippen molar-refractivity contribution < 1.29 is 19.1 Å². The Labute approximate surface area is 168 Å². The molecule has 0 unspecified atom stereocenters. The molecule has 0 aliphatic carbocycles. The number of benzene rings is 2. The average molecular weight is 393 g/mol. The van der Waals surface area contributed by atoms with Gasteiger partial charge in [-0.15, -0.1) is 0 Å². The largest absolute Gasteiger partial charge is 0.490 e. The number of fused-ring (bicyclic) bond motifs is 1. The second kappa shape index (κ2) is 8.79. The minimum atomic E-state index is -0.430. The molecular weight excluding hydrogens is 370 g/mol. The van der Waals surface area contributed by atoms with Gasteiger partial charge in [0.25, 0.3) is 5.91 Å². The Kier molecular flexibility index (Phi) is 5.76. The number of nitrogens with one attached hydrogen (secondary N) is 3. The molecule has 2 aromatic carbocycles. The number of hydrazine groups is 1. The van der Waals surface area contributed by atoms with Gasteiger partial charge in [0.15, 0.2) is 0 Å². The topological polar surface area (TPSA) is 92.5 Å². The Hall–Kier alpha value is -3.32. The van der Waals surface area contributed by atoms with Crippen LogP contribution in [0.15, 0.2) is 54.7 Å². The Morgan fingerprint density at radius 3 is 2.79 bits per heavy atom. The van der Waals surface area contributed by atoms with Gasteiger partial charge in [-0.1, -0.05) is 30.3 Å². The van der Waals surface area contributed by atoms with Gasteiger partial charge in [-0.05, 0) is 36.6 Å². The van der Waals surface area contributed by atoms with Crippen molar-refractivity contribution in [2.45, 2.75) is 25.4 Å². The first kappa shape index (κ1) is 19.0. The molecule has 1 fully saturated rings. The van der Waals surface area contributed by atoms with E-state index in [0.29, 0.717) is 17.9 Å². The van der Waals surface area contributed by atoms with Crippen LogP contribution >= 0.6 is 0 Å². The van der Waals surface area contributed by atoms with E-state index in [2.05, 4.69) is 15.8 Å². The van der Waals surface area contributed by atoms with Crippen molar-refractivity contribution in [3.8, 4) is 5.75 Å². The van der Waals surface area contributed by atoms with Crippen LogP contribution in [0.25, 0.3) is 10.9 Å². The number of hydrogen-bond donors (Lipinski definition) is 3. The molecule has 4 rings (SSSR count). The molecule has 1 aromatic heterocycles. The normalized spacial score (nSPS) is 15.9. The van der Waals surface area contributed by atoms with Crippen molar-refractivity contribution in [1.82, 2.24) is 15.8 Å². The number of hydrogen-bond acceptors (Lipinski definition) is 4. The summed E-state index contributed by atoms with van der Waals surface area (Å²) in [5.41, 5.74) is 7.14. The molecular formula is C22H23N3O4. The second-order valence-corrected chi connectivity index (χ2v) is 6.98. The van der Waals surface area contributed by atoms with Crippen LogP contribution in [0.1, 0.15) is 28.8 Å². The molecule has 0 bridgehead atoms. The van der Waals surface area contributed by atoms with Crippen LogP contribution in [-0.4, -0.2) is 36.1 Å². The molecule has 2 amide bonds. The predicted molar refractivity (Wildman–Crippen MR) is 109 cm³/mol. The number of amides is 2. The zero-order valence-electron chi connectivity index (χ0n) is 15.9. The Bertz CT molecular complexity index is 1010. The number of aromatic amines is 1. The van der Waals surface area contributed by atoms with Gasteiger partial charge in [0, 0.05) is 23.7 Å². The molecule has 1 atom stereocenters. The lowest BCUT2D eigenvalue weighted by molar-refractivity contribution is -0.121. The Balaban J connectivity index is 1.33. The summed E-state index contributed by atoms with van der Waals surface area (Å²) in [5.74, 6) is -0.271. The molecule has 7 nitrogen and oxygen atoms in total. The zero-order chi connectivity index (χ0) is 20.1. The van der Waals surface area contributed by atoms with Crippen molar-refractivity contribution in [2.24, 2.45) is 0 Å². The van der Waals surface area contributed by atoms with E-state index in [4.69, 9.17) is 9.47 Å². The summed E-state index contributed by atoms with van der Waals surface area (Å²) in [6, 6.07) is 14.7. The van der Waals surface area contributed by atoms with Crippen molar-refractivity contribution in [2.75, 3.05) is 13.2 Å². The lowest BCUT2D eigenvalue weighted by Gasteiger charge is -2.14. The van der Waals surface area contributed by atoms with E-state index in [9.17, 15) is 9.59 Å². The van der Waals surface area contributed by atoms with Crippen LogP contribution in [0.2, 0.25) is 0 Å². The summed E-state index contributed by atoms with van der Waals surface area (Å²) in [6.07, 6.45) is 4.00. The molecule has 0 spiro atoms. The highest BCUT2D eigenvalue weighted by atomic mass is 16.5. The summed E-state index contributed by atoms with van der Waals surface area (Å²) in [4.78, 5) is 28.0. The highest BCUT2D eigenvalue weighted by Crippen LogP contribution is 2.20. The van der Waals surface area contributed by atoms with E-state index in [-0.39, 0.29) is 18.4 Å². The zero-order valence-corrected chi connectivity index (χ0v) is 15.9. The summed E-state index contributed by atoms with van der Waals surface area (Å²) >= 11 is 0. The van der Waals surface area contributed by atoms with Gasteiger partial charge in [-0.2, -0.15) is 0 Å². The number of H-pyrrole nitrogens is 1. The predicted octanol–water partition coefficient (Wildman–Crippen LogP) is 2.73. The molecule has 29 heavy (non-hydrogen) atoms. The highest BCUT2D eigenvalue weighted by Gasteiger charge is 2.18. The number of carbonyl (C=O) groups is 2. The first-order valence-electron chi connectivity index (χ1n) is 9.68. The molecule has 0 saturated carbocycles. The van der Waals surface area contributed by atoms with Crippen LogP contribution in [0.5, 0.6) is 5.75 Å². The third-order valence-corrected chi connectivity index (χ3v) is 4.92. The first-order valence-corrected chi connectivity index (χ1v) is 9.68. The SMILES string of the molecule is O=C(Cc1c[nH]c2ccccc12)NNC(=O)c1ccccc1OC[C@H]1CCCO1. The number of aromatic nitrogens is 1. The van der Waals surface area contributed by atoms with E-state index in [1.165, 1.54) is 0 Å². The molecule has 7 heteroatoms. The van der Waals surface area contributed by atoms with Gasteiger partial charge in [-0.3, -0.25) is 20.4 Å². The highest BCUT2D eigenvalue weighted by molar-refractivity contribution is 5.98. The van der Waals surface area contributed by atoms with Crippen LogP contribution in [0, 0.1) is 0 Å². The van der Waals surface area contributed by atoms with Gasteiger partial charge in [0.05, 0.1) is 18.1 Å². The lowest BCUT2D eigenvalue weighted by atomic mass is 10.1. The average Bonchev–Trinajstić information content (AvgIpc) is 3.41. The van der Waals surface area contributed by atoms with Crippen molar-refractivity contribution in [1.29, 1.82) is 0 Å². The Morgan fingerprint density at radius 2 is 1.93 bits per heavy atom. The fourth-order valence-corrected chi connectivity index (χ4v) is 3.43. The molecule has 1 aliphatic heterocycles. The number of carbonyl (C=O) groups excluding carboxylic acids is 2. The lowest BCUT2D eigenvalue weighted by Crippen LogP contribution is -2.42. The first-order chi connectivity index (χ1) is 14.2. The van der Waals surface area contributed by atoms with Crippen molar-refractivity contribution in [3.05, 3.63) is 65.9 Å². The number of rotatable bonds is 6. The molecule has 3 N–H and O–H groups in total. The van der Waals surface area contributed by atoms with Crippen molar-refractivity contribution >= 4 is 22.7 Å². The third kappa shape index (κ3) is 4.57. The summed E-state index contributed by atoms with van der Waals surface area (Å²) in [5, 5.41) is 0.988. The van der Waals surface area contributed by atoms with Gasteiger partial charge >= 0.3 is 0 Å². The monoisotopic (exact) mass is 393 g/mol. The van der Waals surface area contributed by atoms with Crippen molar-refractivity contribution in [3.63, 3.8) is 0 Å². The fourth-order valence-electron chi connectivity index (χ4n) is 3.43. The second-order valence-electron chi connectivity index (χ2n) is 6.98. The summed E-state index contributed by atoms with van der Waals surface area (Å²) in [7, 11) is 0. The quantitative estimate of drug-likeness (QED) is 0.562.